The Labute approximate surface area is 161 Å². The van der Waals surface area contributed by atoms with Crippen LogP contribution in [0.25, 0.3) is 0 Å². The molecule has 0 saturated carbocycles. The van der Waals surface area contributed by atoms with Crippen LogP contribution in [0.3, 0.4) is 0 Å². The Morgan fingerprint density at radius 3 is 2.39 bits per heavy atom. The number of halogens is 3. The van der Waals surface area contributed by atoms with E-state index in [4.69, 9.17) is 6.42 Å². The Morgan fingerprint density at radius 2 is 1.82 bits per heavy atom. The van der Waals surface area contributed by atoms with Crippen molar-refractivity contribution in [2.45, 2.75) is 24.0 Å². The third kappa shape index (κ3) is 5.34. The summed E-state index contributed by atoms with van der Waals surface area (Å²) in [5.41, 5.74) is -0.227. The predicted octanol–water partition coefficient (Wildman–Crippen LogP) is 3.11. The predicted molar refractivity (Wildman–Crippen MR) is 97.8 cm³/mol. The molecule has 0 fully saturated rings. The van der Waals surface area contributed by atoms with E-state index in [9.17, 15) is 26.4 Å². The molecule has 0 radical (unpaired) electrons. The molecule has 2 aromatic rings. The van der Waals surface area contributed by atoms with Gasteiger partial charge in [-0.1, -0.05) is 24.1 Å². The zero-order valence-corrected chi connectivity index (χ0v) is 15.6. The maximum Gasteiger partial charge on any atom is 0.416 e. The summed E-state index contributed by atoms with van der Waals surface area (Å²) in [5, 5.41) is 2.62. The van der Waals surface area contributed by atoms with Crippen molar-refractivity contribution >= 4 is 15.9 Å². The quantitative estimate of drug-likeness (QED) is 0.719. The number of alkyl halides is 3. The summed E-state index contributed by atoms with van der Waals surface area (Å²) in [6, 6.07) is 9.16. The monoisotopic (exact) mass is 410 g/mol. The number of hydrogen-bond donors (Lipinski definition) is 2. The van der Waals surface area contributed by atoms with Gasteiger partial charge in [0.25, 0.3) is 5.91 Å². The van der Waals surface area contributed by atoms with Crippen LogP contribution in [0.5, 0.6) is 0 Å². The van der Waals surface area contributed by atoms with Crippen molar-refractivity contribution in [1.82, 2.24) is 10.0 Å². The molecule has 2 N–H and O–H groups in total. The lowest BCUT2D eigenvalue weighted by molar-refractivity contribution is -0.137. The molecule has 0 saturated heterocycles. The number of nitrogens with one attached hydrogen (secondary N) is 2. The van der Waals surface area contributed by atoms with E-state index in [1.807, 2.05) is 0 Å². The second kappa shape index (κ2) is 8.46. The Balaban J connectivity index is 2.14. The van der Waals surface area contributed by atoms with E-state index in [-0.39, 0.29) is 17.0 Å². The molecule has 0 bridgehead atoms. The molecule has 0 unspecified atom stereocenters. The average molecular weight is 410 g/mol. The number of sulfonamides is 1. The van der Waals surface area contributed by atoms with Gasteiger partial charge < -0.3 is 5.32 Å². The standard InChI is InChI=1S/C19H17F3N2O3S/c1-3-11-23-28(26,27)17-6-4-5-15(12-17)18(25)24-13(2)14-7-9-16(10-8-14)19(20,21)22/h1,4-10,12-13,23H,11H2,2H3,(H,24,25)/t13-/m0/s1. The molecule has 2 rings (SSSR count). The van der Waals surface area contributed by atoms with Gasteiger partial charge in [-0.25, -0.2) is 8.42 Å². The molecule has 2 aromatic carbocycles. The molecule has 0 heterocycles. The lowest BCUT2D eigenvalue weighted by Gasteiger charge is -2.16. The van der Waals surface area contributed by atoms with E-state index in [2.05, 4.69) is 16.0 Å². The summed E-state index contributed by atoms with van der Waals surface area (Å²) in [6.07, 6.45) is 0.592. The van der Waals surface area contributed by atoms with Gasteiger partial charge in [0.05, 0.1) is 23.0 Å². The largest absolute Gasteiger partial charge is 0.416 e. The molecular formula is C19H17F3N2O3S. The van der Waals surface area contributed by atoms with E-state index in [0.717, 1.165) is 12.1 Å². The Hall–Kier alpha value is -2.83. The van der Waals surface area contributed by atoms with Crippen LogP contribution in [-0.2, 0) is 16.2 Å². The molecule has 0 aliphatic rings. The molecule has 1 amide bonds. The third-order valence-electron chi connectivity index (χ3n) is 3.86. The molecule has 0 aliphatic carbocycles. The summed E-state index contributed by atoms with van der Waals surface area (Å²) < 4.78 is 64.3. The van der Waals surface area contributed by atoms with Crippen LogP contribution in [0.2, 0.25) is 0 Å². The van der Waals surface area contributed by atoms with E-state index in [1.54, 1.807) is 6.92 Å². The van der Waals surface area contributed by atoms with Crippen LogP contribution in [-0.4, -0.2) is 20.9 Å². The number of carbonyl (C=O) groups excluding carboxylic acids is 1. The molecule has 0 spiro atoms. The van der Waals surface area contributed by atoms with Gasteiger partial charge in [0.1, 0.15) is 0 Å². The van der Waals surface area contributed by atoms with Gasteiger partial charge in [-0.2, -0.15) is 17.9 Å². The number of hydrogen-bond acceptors (Lipinski definition) is 3. The van der Waals surface area contributed by atoms with Crippen LogP contribution >= 0.6 is 0 Å². The van der Waals surface area contributed by atoms with Crippen LogP contribution in [0.15, 0.2) is 53.4 Å². The number of rotatable bonds is 6. The smallest absolute Gasteiger partial charge is 0.346 e. The Bertz CT molecular complexity index is 994. The lowest BCUT2D eigenvalue weighted by Crippen LogP contribution is -2.28. The van der Waals surface area contributed by atoms with Crippen molar-refractivity contribution < 1.29 is 26.4 Å². The Kier molecular flexibility index (Phi) is 6.48. The highest BCUT2D eigenvalue weighted by atomic mass is 32.2. The van der Waals surface area contributed by atoms with Crippen molar-refractivity contribution in [1.29, 1.82) is 0 Å². The van der Waals surface area contributed by atoms with E-state index in [0.29, 0.717) is 5.56 Å². The van der Waals surface area contributed by atoms with Crippen molar-refractivity contribution in [3.05, 3.63) is 65.2 Å². The highest BCUT2D eigenvalue weighted by Gasteiger charge is 2.30. The van der Waals surface area contributed by atoms with Gasteiger partial charge in [-0.15, -0.1) is 6.42 Å². The first kappa shape index (κ1) is 21.5. The molecule has 1 atom stereocenters. The summed E-state index contributed by atoms with van der Waals surface area (Å²) in [5.74, 6) is 1.58. The van der Waals surface area contributed by atoms with Gasteiger partial charge in [0.2, 0.25) is 10.0 Å². The van der Waals surface area contributed by atoms with E-state index < -0.39 is 33.7 Å². The second-order valence-electron chi connectivity index (χ2n) is 5.87. The minimum Gasteiger partial charge on any atom is -0.346 e. The zero-order chi connectivity index (χ0) is 20.9. The molecule has 28 heavy (non-hydrogen) atoms. The van der Waals surface area contributed by atoms with E-state index in [1.165, 1.54) is 36.4 Å². The summed E-state index contributed by atoms with van der Waals surface area (Å²) in [4.78, 5) is 12.3. The number of terminal acetylenes is 1. The normalized spacial score (nSPS) is 12.8. The highest BCUT2D eigenvalue weighted by Crippen LogP contribution is 2.29. The number of carbonyl (C=O) groups is 1. The summed E-state index contributed by atoms with van der Waals surface area (Å²) in [6.45, 7) is 1.42. The molecule has 0 aromatic heterocycles. The number of amides is 1. The van der Waals surface area contributed by atoms with Crippen molar-refractivity contribution in [3.8, 4) is 12.3 Å². The van der Waals surface area contributed by atoms with E-state index >= 15 is 0 Å². The number of benzene rings is 2. The molecule has 0 aliphatic heterocycles. The molecular weight excluding hydrogens is 393 g/mol. The first-order chi connectivity index (χ1) is 13.0. The maximum atomic E-state index is 12.6. The molecule has 5 nitrogen and oxygen atoms in total. The fraction of sp³-hybridized carbons (Fsp3) is 0.211. The lowest BCUT2D eigenvalue weighted by atomic mass is 10.1. The molecule has 148 valence electrons. The summed E-state index contributed by atoms with van der Waals surface area (Å²) >= 11 is 0. The van der Waals surface area contributed by atoms with Gasteiger partial charge in [-0.3, -0.25) is 4.79 Å². The van der Waals surface area contributed by atoms with Gasteiger partial charge in [0, 0.05) is 5.56 Å². The van der Waals surface area contributed by atoms with Gasteiger partial charge in [-0.05, 0) is 42.8 Å². The van der Waals surface area contributed by atoms with Crippen molar-refractivity contribution in [2.24, 2.45) is 0 Å². The Morgan fingerprint density at radius 1 is 1.18 bits per heavy atom. The average Bonchev–Trinajstić information content (AvgIpc) is 2.66. The maximum absolute atomic E-state index is 12.6. The highest BCUT2D eigenvalue weighted by molar-refractivity contribution is 7.89. The van der Waals surface area contributed by atoms with Crippen LogP contribution in [0.1, 0.15) is 34.5 Å². The van der Waals surface area contributed by atoms with Crippen molar-refractivity contribution in [2.75, 3.05) is 6.54 Å². The third-order valence-corrected chi connectivity index (χ3v) is 5.26. The van der Waals surface area contributed by atoms with Crippen LogP contribution < -0.4 is 10.0 Å². The second-order valence-corrected chi connectivity index (χ2v) is 7.64. The van der Waals surface area contributed by atoms with Gasteiger partial charge in [0.15, 0.2) is 0 Å². The minimum atomic E-state index is -4.44. The first-order valence-corrected chi connectivity index (χ1v) is 9.54. The summed E-state index contributed by atoms with van der Waals surface area (Å²) in [7, 11) is -3.86. The molecule has 9 heteroatoms. The van der Waals surface area contributed by atoms with Crippen LogP contribution in [0, 0.1) is 12.3 Å². The fourth-order valence-corrected chi connectivity index (χ4v) is 3.33. The zero-order valence-electron chi connectivity index (χ0n) is 14.7. The fourth-order valence-electron chi connectivity index (χ4n) is 2.35. The minimum absolute atomic E-state index is 0.0855. The topological polar surface area (TPSA) is 75.3 Å². The SMILES string of the molecule is C#CCNS(=O)(=O)c1cccc(C(=O)N[C@@H](C)c2ccc(C(F)(F)F)cc2)c1. The van der Waals surface area contributed by atoms with Gasteiger partial charge >= 0.3 is 6.18 Å². The van der Waals surface area contributed by atoms with Crippen LogP contribution in [0.4, 0.5) is 13.2 Å². The first-order valence-electron chi connectivity index (χ1n) is 8.06. The van der Waals surface area contributed by atoms with Crippen molar-refractivity contribution in [3.63, 3.8) is 0 Å².